The van der Waals surface area contributed by atoms with Crippen LogP contribution in [0.5, 0.6) is 5.75 Å². The van der Waals surface area contributed by atoms with Crippen molar-refractivity contribution in [3.63, 3.8) is 0 Å². The molecule has 3 rings (SSSR count). The maximum Gasteiger partial charge on any atom is 0.322 e. The standard InChI is InChI=1S/C20H26N2O2S/c1-4-17-15-10-12-25-19(15)9-11-22(17)20(23)21-16-7-5-6-8-18(16)24-13-14(2)3/h5-8,10,12,14,17H,4,9,11,13H2,1-3H3,(H,21,23)/t17-/m1/s1. The molecule has 2 heterocycles. The molecule has 134 valence electrons. The van der Waals surface area contributed by atoms with Crippen molar-refractivity contribution in [1.29, 1.82) is 0 Å². The van der Waals surface area contributed by atoms with Gasteiger partial charge in [-0.1, -0.05) is 32.9 Å². The summed E-state index contributed by atoms with van der Waals surface area (Å²) in [5, 5.41) is 5.19. The number of carbonyl (C=O) groups excluding carboxylic acids is 1. The summed E-state index contributed by atoms with van der Waals surface area (Å²) < 4.78 is 5.85. The molecule has 0 aliphatic carbocycles. The van der Waals surface area contributed by atoms with Crippen LogP contribution in [0.1, 0.15) is 43.7 Å². The molecule has 1 aliphatic heterocycles. The molecule has 0 fully saturated rings. The summed E-state index contributed by atoms with van der Waals surface area (Å²) in [4.78, 5) is 16.3. The van der Waals surface area contributed by atoms with E-state index in [4.69, 9.17) is 4.74 Å². The third-order valence-electron chi connectivity index (χ3n) is 4.44. The van der Waals surface area contributed by atoms with Gasteiger partial charge in [0.2, 0.25) is 0 Å². The largest absolute Gasteiger partial charge is 0.491 e. The van der Waals surface area contributed by atoms with Gasteiger partial charge in [0.1, 0.15) is 5.75 Å². The van der Waals surface area contributed by atoms with Gasteiger partial charge in [-0.2, -0.15) is 0 Å². The van der Waals surface area contributed by atoms with E-state index in [1.165, 1.54) is 10.4 Å². The lowest BCUT2D eigenvalue weighted by Crippen LogP contribution is -2.41. The summed E-state index contributed by atoms with van der Waals surface area (Å²) >= 11 is 1.80. The number of urea groups is 1. The quantitative estimate of drug-likeness (QED) is 0.785. The number of rotatable bonds is 5. The Labute approximate surface area is 153 Å². The second kappa shape index (κ2) is 7.91. The van der Waals surface area contributed by atoms with Crippen LogP contribution in [-0.2, 0) is 6.42 Å². The summed E-state index contributed by atoms with van der Waals surface area (Å²) in [7, 11) is 0. The Morgan fingerprint density at radius 2 is 2.16 bits per heavy atom. The van der Waals surface area contributed by atoms with Gasteiger partial charge in [0, 0.05) is 11.4 Å². The number of para-hydroxylation sites is 2. The molecular weight excluding hydrogens is 332 g/mol. The normalized spacial score (nSPS) is 16.6. The minimum Gasteiger partial charge on any atom is -0.491 e. The zero-order valence-corrected chi connectivity index (χ0v) is 15.9. The van der Waals surface area contributed by atoms with Gasteiger partial charge in [0.15, 0.2) is 0 Å². The highest BCUT2D eigenvalue weighted by molar-refractivity contribution is 7.10. The molecule has 2 amide bonds. The van der Waals surface area contributed by atoms with Gasteiger partial charge in [-0.25, -0.2) is 4.79 Å². The zero-order chi connectivity index (χ0) is 17.8. The minimum atomic E-state index is -0.0516. The maximum atomic E-state index is 12.9. The molecular formula is C20H26N2O2S. The first-order valence-corrected chi connectivity index (χ1v) is 9.83. The fraction of sp³-hybridized carbons (Fsp3) is 0.450. The van der Waals surface area contributed by atoms with Crippen LogP contribution in [0.3, 0.4) is 0 Å². The van der Waals surface area contributed by atoms with Crippen molar-refractivity contribution in [2.75, 3.05) is 18.5 Å². The lowest BCUT2D eigenvalue weighted by molar-refractivity contribution is 0.181. The van der Waals surface area contributed by atoms with E-state index in [1.807, 2.05) is 29.2 Å². The topological polar surface area (TPSA) is 41.6 Å². The summed E-state index contributed by atoms with van der Waals surface area (Å²) in [5.74, 6) is 1.16. The van der Waals surface area contributed by atoms with E-state index in [2.05, 4.69) is 37.5 Å². The van der Waals surface area contributed by atoms with Crippen molar-refractivity contribution in [2.45, 2.75) is 39.7 Å². The van der Waals surface area contributed by atoms with E-state index in [9.17, 15) is 4.79 Å². The number of benzene rings is 1. The van der Waals surface area contributed by atoms with Crippen LogP contribution in [-0.4, -0.2) is 24.1 Å². The number of thiophene rings is 1. The molecule has 0 saturated heterocycles. The lowest BCUT2D eigenvalue weighted by atomic mass is 9.98. The second-order valence-electron chi connectivity index (χ2n) is 6.80. The van der Waals surface area contributed by atoms with Crippen LogP contribution in [0, 0.1) is 5.92 Å². The van der Waals surface area contributed by atoms with E-state index in [0.29, 0.717) is 12.5 Å². The van der Waals surface area contributed by atoms with Gasteiger partial charge in [-0.15, -0.1) is 11.3 Å². The Hall–Kier alpha value is -2.01. The molecule has 0 saturated carbocycles. The van der Waals surface area contributed by atoms with Crippen molar-refractivity contribution in [3.8, 4) is 5.75 Å². The molecule has 0 unspecified atom stereocenters. The number of hydrogen-bond acceptors (Lipinski definition) is 3. The molecule has 2 aromatic rings. The third-order valence-corrected chi connectivity index (χ3v) is 5.44. The van der Waals surface area contributed by atoms with Crippen LogP contribution in [0.25, 0.3) is 0 Å². The monoisotopic (exact) mass is 358 g/mol. The maximum absolute atomic E-state index is 12.9. The number of carbonyl (C=O) groups is 1. The molecule has 1 aromatic heterocycles. The number of amides is 2. The zero-order valence-electron chi connectivity index (χ0n) is 15.1. The molecule has 0 spiro atoms. The van der Waals surface area contributed by atoms with Gasteiger partial charge >= 0.3 is 6.03 Å². The summed E-state index contributed by atoms with van der Waals surface area (Å²) in [6, 6.07) is 9.91. The van der Waals surface area contributed by atoms with Crippen LogP contribution < -0.4 is 10.1 Å². The SMILES string of the molecule is CC[C@@H]1c2ccsc2CCN1C(=O)Nc1ccccc1OCC(C)C. The molecule has 25 heavy (non-hydrogen) atoms. The molecule has 4 nitrogen and oxygen atoms in total. The third kappa shape index (κ3) is 3.98. The first-order chi connectivity index (χ1) is 12.1. The second-order valence-corrected chi connectivity index (χ2v) is 7.80. The van der Waals surface area contributed by atoms with E-state index >= 15 is 0 Å². The predicted molar refractivity (Wildman–Crippen MR) is 104 cm³/mol. The average molecular weight is 359 g/mol. The van der Waals surface area contributed by atoms with Gasteiger partial charge in [0.05, 0.1) is 18.3 Å². The number of nitrogens with zero attached hydrogens (tertiary/aromatic N) is 1. The van der Waals surface area contributed by atoms with Crippen molar-refractivity contribution in [1.82, 2.24) is 4.90 Å². The Balaban J connectivity index is 1.74. The highest BCUT2D eigenvalue weighted by Gasteiger charge is 2.30. The Morgan fingerprint density at radius 1 is 1.36 bits per heavy atom. The molecule has 0 bridgehead atoms. The van der Waals surface area contributed by atoms with Crippen LogP contribution in [0.4, 0.5) is 10.5 Å². The number of fused-ring (bicyclic) bond motifs is 1. The van der Waals surface area contributed by atoms with E-state index in [1.54, 1.807) is 11.3 Å². The van der Waals surface area contributed by atoms with Crippen molar-refractivity contribution < 1.29 is 9.53 Å². The van der Waals surface area contributed by atoms with Crippen LogP contribution >= 0.6 is 11.3 Å². The van der Waals surface area contributed by atoms with Gasteiger partial charge in [-0.3, -0.25) is 0 Å². The smallest absolute Gasteiger partial charge is 0.322 e. The average Bonchev–Trinajstić information content (AvgIpc) is 3.08. The lowest BCUT2D eigenvalue weighted by Gasteiger charge is -2.35. The summed E-state index contributed by atoms with van der Waals surface area (Å²) in [6.07, 6.45) is 1.85. The Morgan fingerprint density at radius 3 is 2.92 bits per heavy atom. The van der Waals surface area contributed by atoms with Crippen LogP contribution in [0.2, 0.25) is 0 Å². The Kier molecular flexibility index (Phi) is 5.63. The molecule has 1 aliphatic rings. The first-order valence-electron chi connectivity index (χ1n) is 8.95. The number of anilines is 1. The van der Waals surface area contributed by atoms with E-state index < -0.39 is 0 Å². The minimum absolute atomic E-state index is 0.0516. The first kappa shape index (κ1) is 17.8. The molecule has 5 heteroatoms. The van der Waals surface area contributed by atoms with Crippen molar-refractivity contribution >= 4 is 23.1 Å². The fourth-order valence-electron chi connectivity index (χ4n) is 3.22. The summed E-state index contributed by atoms with van der Waals surface area (Å²) in [5.41, 5.74) is 2.04. The van der Waals surface area contributed by atoms with E-state index in [0.717, 1.165) is 30.8 Å². The Bertz CT molecular complexity index is 726. The van der Waals surface area contributed by atoms with Gasteiger partial charge in [0.25, 0.3) is 0 Å². The number of nitrogens with one attached hydrogen (secondary N) is 1. The highest BCUT2D eigenvalue weighted by atomic mass is 32.1. The fourth-order valence-corrected chi connectivity index (χ4v) is 4.15. The predicted octanol–water partition coefficient (Wildman–Crippen LogP) is 5.32. The van der Waals surface area contributed by atoms with Crippen molar-refractivity contribution in [3.05, 3.63) is 46.2 Å². The van der Waals surface area contributed by atoms with Gasteiger partial charge in [-0.05, 0) is 47.9 Å². The number of hydrogen-bond donors (Lipinski definition) is 1. The molecule has 0 radical (unpaired) electrons. The highest BCUT2D eigenvalue weighted by Crippen LogP contribution is 2.36. The van der Waals surface area contributed by atoms with Crippen LogP contribution in [0.15, 0.2) is 35.7 Å². The van der Waals surface area contributed by atoms with Gasteiger partial charge < -0.3 is 15.0 Å². The molecule has 1 atom stereocenters. The molecule has 1 aromatic carbocycles. The number of ether oxygens (including phenoxy) is 1. The van der Waals surface area contributed by atoms with E-state index in [-0.39, 0.29) is 12.1 Å². The van der Waals surface area contributed by atoms with Crippen molar-refractivity contribution in [2.24, 2.45) is 5.92 Å². The molecule has 1 N–H and O–H groups in total. The summed E-state index contributed by atoms with van der Waals surface area (Å²) in [6.45, 7) is 7.75.